The summed E-state index contributed by atoms with van der Waals surface area (Å²) in [6.45, 7) is 0. The normalized spacial score (nSPS) is 12.7. The third kappa shape index (κ3) is 3.51. The first-order valence-electron chi connectivity index (χ1n) is 10.6. The van der Waals surface area contributed by atoms with Crippen LogP contribution in [0.3, 0.4) is 0 Å². The third-order valence-electron chi connectivity index (χ3n) is 5.71. The van der Waals surface area contributed by atoms with Gasteiger partial charge in [0.2, 0.25) is 5.55 Å². The van der Waals surface area contributed by atoms with Crippen molar-refractivity contribution in [2.75, 3.05) is 0 Å². The molecule has 166 valence electrons. The first-order chi connectivity index (χ1) is 16.5. The first kappa shape index (κ1) is 20.2. The average molecular weight is 455 g/mol. The Morgan fingerprint density at radius 2 is 1.62 bits per heavy atom. The maximum absolute atomic E-state index is 13.2. The summed E-state index contributed by atoms with van der Waals surface area (Å²) in [7, 11) is 0. The SMILES string of the molecule is FC(F)(F)c1cccc(N=c2oc3ccc4ccccc4c3cc2-c2nc3ccccc3[nH]2)c1. The minimum absolute atomic E-state index is 0.135. The van der Waals surface area contributed by atoms with Crippen molar-refractivity contribution >= 4 is 38.5 Å². The molecule has 6 rings (SSSR count). The minimum Gasteiger partial charge on any atom is -0.438 e. The molecule has 0 unspecified atom stereocenters. The van der Waals surface area contributed by atoms with Crippen LogP contribution >= 0.6 is 0 Å². The van der Waals surface area contributed by atoms with Crippen molar-refractivity contribution in [2.24, 2.45) is 4.99 Å². The van der Waals surface area contributed by atoms with Gasteiger partial charge in [-0.1, -0.05) is 48.5 Å². The topological polar surface area (TPSA) is 54.2 Å². The smallest absolute Gasteiger partial charge is 0.416 e. The van der Waals surface area contributed by atoms with Gasteiger partial charge in [0, 0.05) is 5.39 Å². The highest BCUT2D eigenvalue weighted by Gasteiger charge is 2.30. The third-order valence-corrected chi connectivity index (χ3v) is 5.71. The number of fused-ring (bicyclic) bond motifs is 4. The minimum atomic E-state index is -4.47. The van der Waals surface area contributed by atoms with Crippen molar-refractivity contribution in [3.8, 4) is 11.4 Å². The van der Waals surface area contributed by atoms with Crippen LogP contribution in [0.5, 0.6) is 0 Å². The van der Waals surface area contributed by atoms with Crippen molar-refractivity contribution < 1.29 is 17.6 Å². The Kier molecular flexibility index (Phi) is 4.52. The molecule has 0 radical (unpaired) electrons. The van der Waals surface area contributed by atoms with Crippen LogP contribution in [0.2, 0.25) is 0 Å². The number of nitrogens with one attached hydrogen (secondary N) is 1. The molecular formula is C27H16F3N3O. The zero-order chi connectivity index (χ0) is 23.3. The van der Waals surface area contributed by atoms with E-state index in [1.807, 2.05) is 66.7 Å². The lowest BCUT2D eigenvalue weighted by molar-refractivity contribution is -0.137. The van der Waals surface area contributed by atoms with Gasteiger partial charge >= 0.3 is 6.18 Å². The van der Waals surface area contributed by atoms with Crippen molar-refractivity contribution in [1.29, 1.82) is 0 Å². The second kappa shape index (κ2) is 7.59. The molecule has 34 heavy (non-hydrogen) atoms. The fourth-order valence-corrected chi connectivity index (χ4v) is 4.08. The van der Waals surface area contributed by atoms with E-state index in [1.54, 1.807) is 0 Å². The molecule has 4 nitrogen and oxygen atoms in total. The Balaban J connectivity index is 1.66. The molecule has 6 aromatic rings. The van der Waals surface area contributed by atoms with Gasteiger partial charge in [-0.25, -0.2) is 9.98 Å². The maximum atomic E-state index is 13.2. The summed E-state index contributed by atoms with van der Waals surface area (Å²) >= 11 is 0. The van der Waals surface area contributed by atoms with Crippen LogP contribution in [0.4, 0.5) is 18.9 Å². The van der Waals surface area contributed by atoms with Crippen LogP contribution in [-0.2, 0) is 6.18 Å². The fraction of sp³-hybridized carbons (Fsp3) is 0.0370. The van der Waals surface area contributed by atoms with Crippen molar-refractivity contribution in [3.63, 3.8) is 0 Å². The number of halogens is 3. The van der Waals surface area contributed by atoms with E-state index in [0.29, 0.717) is 17.0 Å². The van der Waals surface area contributed by atoms with E-state index in [2.05, 4.69) is 15.0 Å². The van der Waals surface area contributed by atoms with Crippen molar-refractivity contribution in [3.05, 3.63) is 102 Å². The van der Waals surface area contributed by atoms with E-state index in [1.165, 1.54) is 12.1 Å². The van der Waals surface area contributed by atoms with Gasteiger partial charge < -0.3 is 9.40 Å². The maximum Gasteiger partial charge on any atom is 0.416 e. The molecule has 7 heteroatoms. The van der Waals surface area contributed by atoms with Crippen molar-refractivity contribution in [2.45, 2.75) is 6.18 Å². The number of aromatic nitrogens is 2. The van der Waals surface area contributed by atoms with Gasteiger partial charge in [-0.05, 0) is 53.2 Å². The molecule has 0 spiro atoms. The molecule has 0 aliphatic carbocycles. The van der Waals surface area contributed by atoms with Crippen LogP contribution in [-0.4, -0.2) is 9.97 Å². The summed E-state index contributed by atoms with van der Waals surface area (Å²) in [4.78, 5) is 12.4. The number of aromatic amines is 1. The molecule has 2 aromatic heterocycles. The second-order valence-corrected chi connectivity index (χ2v) is 7.93. The largest absolute Gasteiger partial charge is 0.438 e. The van der Waals surface area contributed by atoms with Crippen LogP contribution in [0.15, 0.2) is 100 Å². The Morgan fingerprint density at radius 3 is 2.47 bits per heavy atom. The Bertz CT molecular complexity index is 1730. The molecule has 0 saturated carbocycles. The molecule has 4 aromatic carbocycles. The molecule has 0 fully saturated rings. The number of hydrogen-bond acceptors (Lipinski definition) is 3. The molecule has 0 aliphatic rings. The van der Waals surface area contributed by atoms with E-state index >= 15 is 0 Å². The quantitative estimate of drug-likeness (QED) is 0.277. The fourth-order valence-electron chi connectivity index (χ4n) is 4.08. The van der Waals surface area contributed by atoms with E-state index in [-0.39, 0.29) is 11.2 Å². The summed E-state index contributed by atoms with van der Waals surface area (Å²) in [5, 5.41) is 2.90. The first-order valence-corrected chi connectivity index (χ1v) is 10.6. The zero-order valence-corrected chi connectivity index (χ0v) is 17.6. The number of nitrogens with zero attached hydrogens (tertiary/aromatic N) is 2. The molecule has 0 aliphatic heterocycles. The number of benzene rings is 4. The number of imidazole rings is 1. The molecular weight excluding hydrogens is 439 g/mol. The molecule has 0 bridgehead atoms. The summed E-state index contributed by atoms with van der Waals surface area (Å²) in [6, 6.07) is 26.1. The lowest BCUT2D eigenvalue weighted by atomic mass is 10.0. The number of para-hydroxylation sites is 2. The number of rotatable bonds is 2. The van der Waals surface area contributed by atoms with Gasteiger partial charge in [0.05, 0.1) is 27.8 Å². The summed E-state index contributed by atoms with van der Waals surface area (Å²) in [5.41, 5.74) is 2.26. The predicted octanol–water partition coefficient (Wildman–Crippen LogP) is 7.38. The monoisotopic (exact) mass is 455 g/mol. The van der Waals surface area contributed by atoms with Gasteiger partial charge in [-0.3, -0.25) is 0 Å². The van der Waals surface area contributed by atoms with Gasteiger partial charge in [-0.2, -0.15) is 13.2 Å². The summed E-state index contributed by atoms with van der Waals surface area (Å²) in [5.74, 6) is 0.519. The highest BCUT2D eigenvalue weighted by atomic mass is 19.4. The number of alkyl halides is 3. The number of hydrogen-bond donors (Lipinski definition) is 1. The van der Waals surface area contributed by atoms with Gasteiger partial charge in [0.1, 0.15) is 11.4 Å². The Morgan fingerprint density at radius 1 is 0.794 bits per heavy atom. The van der Waals surface area contributed by atoms with E-state index in [9.17, 15) is 13.2 Å². The average Bonchev–Trinajstić information content (AvgIpc) is 3.27. The van der Waals surface area contributed by atoms with Crippen molar-refractivity contribution in [1.82, 2.24) is 9.97 Å². The Hall–Kier alpha value is -4.39. The molecule has 0 atom stereocenters. The lowest BCUT2D eigenvalue weighted by Crippen LogP contribution is -2.07. The zero-order valence-electron chi connectivity index (χ0n) is 17.6. The van der Waals surface area contributed by atoms with Crippen LogP contribution < -0.4 is 5.55 Å². The standard InChI is InChI=1S/C27H16F3N3O/c28-27(29,30)17-7-5-8-18(14-17)31-26-21(25-32-22-10-3-4-11-23(22)33-25)15-20-19-9-2-1-6-16(19)12-13-24(20)34-26/h1-15H,(H,32,33). The highest BCUT2D eigenvalue weighted by molar-refractivity contribution is 6.06. The van der Waals surface area contributed by atoms with E-state index in [4.69, 9.17) is 4.42 Å². The highest BCUT2D eigenvalue weighted by Crippen LogP contribution is 2.32. The molecule has 2 heterocycles. The summed E-state index contributed by atoms with van der Waals surface area (Å²) < 4.78 is 45.9. The van der Waals surface area contributed by atoms with Gasteiger partial charge in [0.15, 0.2) is 0 Å². The van der Waals surface area contributed by atoms with Gasteiger partial charge in [-0.15, -0.1) is 0 Å². The lowest BCUT2D eigenvalue weighted by Gasteiger charge is -2.08. The molecule has 0 amide bonds. The predicted molar refractivity (Wildman–Crippen MR) is 125 cm³/mol. The number of H-pyrrole nitrogens is 1. The molecule has 0 saturated heterocycles. The summed E-state index contributed by atoms with van der Waals surface area (Å²) in [6.07, 6.45) is -4.47. The molecule has 1 N–H and O–H groups in total. The van der Waals surface area contributed by atoms with E-state index < -0.39 is 11.7 Å². The second-order valence-electron chi connectivity index (χ2n) is 7.93. The Labute approximate surface area is 191 Å². The van der Waals surface area contributed by atoms with Crippen LogP contribution in [0, 0.1) is 0 Å². The van der Waals surface area contributed by atoms with Gasteiger partial charge in [0.25, 0.3) is 0 Å². The van der Waals surface area contributed by atoms with E-state index in [0.717, 1.165) is 39.3 Å². The van der Waals surface area contributed by atoms with Crippen LogP contribution in [0.1, 0.15) is 5.56 Å². The van der Waals surface area contributed by atoms with Crippen LogP contribution in [0.25, 0.3) is 44.2 Å².